The first kappa shape index (κ1) is 22.4. The molecule has 0 atom stereocenters. The summed E-state index contributed by atoms with van der Waals surface area (Å²) < 4.78 is 20.3. The Balaban J connectivity index is 1.59. The third-order valence-electron chi connectivity index (χ3n) is 4.89. The average Bonchev–Trinajstić information content (AvgIpc) is 2.78. The van der Waals surface area contributed by atoms with Gasteiger partial charge < -0.3 is 9.64 Å². The molecule has 0 spiro atoms. The molecule has 162 valence electrons. The number of likely N-dealkylation sites (N-methyl/N-ethyl adjacent to an activating group) is 1. The molecule has 5 nitrogen and oxygen atoms in total. The first-order chi connectivity index (χ1) is 15.0. The van der Waals surface area contributed by atoms with Crippen LogP contribution < -0.4 is 10.3 Å². The van der Waals surface area contributed by atoms with Crippen molar-refractivity contribution in [2.45, 2.75) is 19.8 Å². The maximum absolute atomic E-state index is 12.9. The highest BCUT2D eigenvalue weighted by atomic mass is 19.1. The number of benzene rings is 1. The molecule has 6 heteroatoms. The van der Waals surface area contributed by atoms with Crippen molar-refractivity contribution in [1.82, 2.24) is 14.5 Å². The SMILES string of the molecule is CCCCN(C)CCOc1ccc(-n2ccc(/C=C/c3ccc(F)cn3)cc2=O)cc1. The van der Waals surface area contributed by atoms with Crippen LogP contribution in [-0.2, 0) is 0 Å². The van der Waals surface area contributed by atoms with Gasteiger partial charge in [0, 0.05) is 24.5 Å². The Hall–Kier alpha value is -3.25. The zero-order chi connectivity index (χ0) is 22.1. The molecule has 1 aromatic carbocycles. The number of aromatic nitrogens is 2. The molecular formula is C25H28FN3O2. The molecule has 3 rings (SSSR count). The van der Waals surface area contributed by atoms with Gasteiger partial charge in [-0.1, -0.05) is 19.4 Å². The van der Waals surface area contributed by atoms with E-state index in [2.05, 4.69) is 23.9 Å². The van der Waals surface area contributed by atoms with Crippen LogP contribution in [0.1, 0.15) is 31.0 Å². The van der Waals surface area contributed by atoms with Crippen LogP contribution in [0, 0.1) is 5.82 Å². The Morgan fingerprint density at radius 2 is 1.90 bits per heavy atom. The van der Waals surface area contributed by atoms with E-state index < -0.39 is 0 Å². The van der Waals surface area contributed by atoms with Gasteiger partial charge in [-0.15, -0.1) is 0 Å². The molecule has 0 fully saturated rings. The van der Waals surface area contributed by atoms with Crippen molar-refractivity contribution >= 4 is 12.2 Å². The highest BCUT2D eigenvalue weighted by Crippen LogP contribution is 2.15. The number of hydrogen-bond acceptors (Lipinski definition) is 4. The molecule has 0 saturated heterocycles. The van der Waals surface area contributed by atoms with E-state index in [0.29, 0.717) is 12.3 Å². The molecule has 0 radical (unpaired) electrons. The predicted molar refractivity (Wildman–Crippen MR) is 123 cm³/mol. The molecule has 0 amide bonds. The second-order valence-corrected chi connectivity index (χ2v) is 7.40. The highest BCUT2D eigenvalue weighted by Gasteiger charge is 2.03. The van der Waals surface area contributed by atoms with E-state index >= 15 is 0 Å². The smallest absolute Gasteiger partial charge is 0.255 e. The molecule has 2 aromatic heterocycles. The molecular weight excluding hydrogens is 393 g/mol. The molecule has 0 aliphatic rings. The minimum atomic E-state index is -0.379. The van der Waals surface area contributed by atoms with Gasteiger partial charge in [-0.3, -0.25) is 14.3 Å². The zero-order valence-electron chi connectivity index (χ0n) is 18.0. The second-order valence-electron chi connectivity index (χ2n) is 7.40. The summed E-state index contributed by atoms with van der Waals surface area (Å²) >= 11 is 0. The Bertz CT molecular complexity index is 1040. The number of ether oxygens (including phenoxy) is 1. The Morgan fingerprint density at radius 3 is 2.58 bits per heavy atom. The fourth-order valence-electron chi connectivity index (χ4n) is 3.04. The van der Waals surface area contributed by atoms with Crippen LogP contribution in [0.15, 0.2) is 65.7 Å². The molecule has 0 bridgehead atoms. The van der Waals surface area contributed by atoms with Gasteiger partial charge in [0.2, 0.25) is 0 Å². The van der Waals surface area contributed by atoms with Crippen molar-refractivity contribution in [3.05, 3.63) is 88.4 Å². The number of halogens is 1. The topological polar surface area (TPSA) is 47.4 Å². The summed E-state index contributed by atoms with van der Waals surface area (Å²) in [5, 5.41) is 0. The fourth-order valence-corrected chi connectivity index (χ4v) is 3.04. The second kappa shape index (κ2) is 11.2. The fraction of sp³-hybridized carbons (Fsp3) is 0.280. The molecule has 3 aromatic rings. The van der Waals surface area contributed by atoms with Crippen LogP contribution in [-0.4, -0.2) is 41.2 Å². The first-order valence-corrected chi connectivity index (χ1v) is 10.5. The summed E-state index contributed by atoms with van der Waals surface area (Å²) in [6, 6.07) is 13.8. The van der Waals surface area contributed by atoms with Crippen molar-refractivity contribution < 1.29 is 9.13 Å². The highest BCUT2D eigenvalue weighted by molar-refractivity contribution is 5.67. The minimum absolute atomic E-state index is 0.138. The van der Waals surface area contributed by atoms with Crippen molar-refractivity contribution in [1.29, 1.82) is 0 Å². The molecule has 0 saturated carbocycles. The number of unbranched alkanes of at least 4 members (excludes halogenated alkanes) is 1. The van der Waals surface area contributed by atoms with Gasteiger partial charge in [0.25, 0.3) is 5.56 Å². The standard InChI is InChI=1S/C25H28FN3O2/c1-3-4-14-28(2)16-17-31-24-11-9-23(10-12-24)29-15-13-20(18-25(29)30)5-7-22-8-6-21(26)19-27-22/h5-13,15,18-19H,3-4,14,16-17H2,1-2H3/b7-5+. The molecule has 0 N–H and O–H groups in total. The van der Waals surface area contributed by atoms with Crippen LogP contribution >= 0.6 is 0 Å². The van der Waals surface area contributed by atoms with Gasteiger partial charge in [0.1, 0.15) is 18.2 Å². The van der Waals surface area contributed by atoms with E-state index in [4.69, 9.17) is 4.74 Å². The number of nitrogens with zero attached hydrogens (tertiary/aromatic N) is 3. The van der Waals surface area contributed by atoms with Crippen LogP contribution in [0.25, 0.3) is 17.8 Å². The summed E-state index contributed by atoms with van der Waals surface area (Å²) in [5.41, 5.74) is 2.01. The lowest BCUT2D eigenvalue weighted by atomic mass is 10.2. The maximum Gasteiger partial charge on any atom is 0.255 e. The molecule has 0 unspecified atom stereocenters. The van der Waals surface area contributed by atoms with Crippen molar-refractivity contribution in [3.8, 4) is 11.4 Å². The van der Waals surface area contributed by atoms with Crippen molar-refractivity contribution in [2.75, 3.05) is 26.7 Å². The zero-order valence-corrected chi connectivity index (χ0v) is 18.0. The quantitative estimate of drug-likeness (QED) is 0.478. The van der Waals surface area contributed by atoms with Gasteiger partial charge in [0.15, 0.2) is 0 Å². The van der Waals surface area contributed by atoms with E-state index in [-0.39, 0.29) is 11.4 Å². The van der Waals surface area contributed by atoms with Gasteiger partial charge >= 0.3 is 0 Å². The lowest BCUT2D eigenvalue weighted by Crippen LogP contribution is -2.25. The first-order valence-electron chi connectivity index (χ1n) is 10.5. The maximum atomic E-state index is 12.9. The average molecular weight is 422 g/mol. The Morgan fingerprint density at radius 1 is 1.10 bits per heavy atom. The predicted octanol–water partition coefficient (Wildman–Crippen LogP) is 4.65. The van der Waals surface area contributed by atoms with Crippen LogP contribution in [0.2, 0.25) is 0 Å². The third-order valence-corrected chi connectivity index (χ3v) is 4.89. The normalized spacial score (nSPS) is 11.4. The summed E-state index contributed by atoms with van der Waals surface area (Å²) in [6.45, 7) is 4.77. The lowest BCUT2D eigenvalue weighted by molar-refractivity contribution is 0.235. The van der Waals surface area contributed by atoms with Crippen molar-refractivity contribution in [3.63, 3.8) is 0 Å². The van der Waals surface area contributed by atoms with E-state index in [1.165, 1.54) is 18.9 Å². The van der Waals surface area contributed by atoms with Gasteiger partial charge in [-0.25, -0.2) is 4.39 Å². The van der Waals surface area contributed by atoms with Gasteiger partial charge in [0.05, 0.1) is 11.9 Å². The van der Waals surface area contributed by atoms with Crippen LogP contribution in [0.4, 0.5) is 4.39 Å². The largest absolute Gasteiger partial charge is 0.492 e. The van der Waals surface area contributed by atoms with E-state index in [0.717, 1.165) is 36.3 Å². The third kappa shape index (κ3) is 6.89. The lowest BCUT2D eigenvalue weighted by Gasteiger charge is -2.16. The van der Waals surface area contributed by atoms with E-state index in [1.807, 2.05) is 30.3 Å². The van der Waals surface area contributed by atoms with Crippen LogP contribution in [0.5, 0.6) is 5.75 Å². The van der Waals surface area contributed by atoms with E-state index in [9.17, 15) is 9.18 Å². The molecule has 0 aliphatic carbocycles. The minimum Gasteiger partial charge on any atom is -0.492 e. The Kier molecular flexibility index (Phi) is 8.12. The number of hydrogen-bond donors (Lipinski definition) is 0. The summed E-state index contributed by atoms with van der Waals surface area (Å²) in [4.78, 5) is 18.8. The number of rotatable bonds is 10. The van der Waals surface area contributed by atoms with Crippen molar-refractivity contribution in [2.24, 2.45) is 0 Å². The summed E-state index contributed by atoms with van der Waals surface area (Å²) in [7, 11) is 2.10. The summed E-state index contributed by atoms with van der Waals surface area (Å²) in [6.07, 6.45) is 8.80. The molecule has 31 heavy (non-hydrogen) atoms. The number of pyridine rings is 2. The summed E-state index contributed by atoms with van der Waals surface area (Å²) in [5.74, 6) is 0.405. The molecule has 2 heterocycles. The van der Waals surface area contributed by atoms with Crippen LogP contribution in [0.3, 0.4) is 0 Å². The van der Waals surface area contributed by atoms with Gasteiger partial charge in [-0.05, 0) is 74.1 Å². The monoisotopic (exact) mass is 421 g/mol. The molecule has 0 aliphatic heterocycles. The van der Waals surface area contributed by atoms with Gasteiger partial charge in [-0.2, -0.15) is 0 Å². The Labute approximate surface area is 182 Å². The van der Waals surface area contributed by atoms with E-state index in [1.54, 1.807) is 35.0 Å².